The number of hydrogen-bond acceptors (Lipinski definition) is 4. The molecule has 1 aliphatic heterocycles. The van der Waals surface area contributed by atoms with E-state index in [1.807, 2.05) is 15.7 Å². The summed E-state index contributed by atoms with van der Waals surface area (Å²) in [6.45, 7) is 4.82. The molecule has 1 aromatic rings. The van der Waals surface area contributed by atoms with Crippen LogP contribution in [0.5, 0.6) is 0 Å². The number of hydrogen-bond donors (Lipinski definition) is 1. The first-order valence-electron chi connectivity index (χ1n) is 7.27. The summed E-state index contributed by atoms with van der Waals surface area (Å²) in [6.07, 6.45) is 6.49. The molecule has 2 heterocycles. The van der Waals surface area contributed by atoms with Crippen LogP contribution < -0.4 is 5.32 Å². The van der Waals surface area contributed by atoms with Gasteiger partial charge in [-0.2, -0.15) is 0 Å². The second-order valence-electron chi connectivity index (χ2n) is 5.09. The minimum atomic E-state index is 0.259. The number of nitrogens with one attached hydrogen (secondary N) is 1. The standard InChI is InChI=1S/C14H24N4O2/c1-20-9-5-15-10-13-11-16-12-18(13)8-4-14(19)17-6-2-3-7-17/h11-12,15H,2-10H2,1H3. The Labute approximate surface area is 120 Å². The number of likely N-dealkylation sites (tertiary alicyclic amines) is 1. The molecular formula is C14H24N4O2. The molecule has 1 aromatic heterocycles. The van der Waals surface area contributed by atoms with Gasteiger partial charge in [-0.15, -0.1) is 0 Å². The van der Waals surface area contributed by atoms with E-state index in [0.717, 1.165) is 44.7 Å². The fraction of sp³-hybridized carbons (Fsp3) is 0.714. The second kappa shape index (κ2) is 8.01. The number of methoxy groups -OCH3 is 1. The van der Waals surface area contributed by atoms with Gasteiger partial charge in [-0.3, -0.25) is 4.79 Å². The first-order chi connectivity index (χ1) is 9.81. The number of amides is 1. The molecule has 1 N–H and O–H groups in total. The number of aryl methyl sites for hydroxylation is 1. The van der Waals surface area contributed by atoms with Crippen LogP contribution in [0.4, 0.5) is 0 Å². The minimum Gasteiger partial charge on any atom is -0.383 e. The molecule has 1 saturated heterocycles. The molecule has 0 aliphatic carbocycles. The van der Waals surface area contributed by atoms with Gasteiger partial charge in [0.25, 0.3) is 0 Å². The molecule has 20 heavy (non-hydrogen) atoms. The van der Waals surface area contributed by atoms with Gasteiger partial charge < -0.3 is 19.5 Å². The number of rotatable bonds is 8. The van der Waals surface area contributed by atoms with Crippen molar-refractivity contribution < 1.29 is 9.53 Å². The van der Waals surface area contributed by atoms with Crippen LogP contribution in [0.25, 0.3) is 0 Å². The molecule has 6 heteroatoms. The zero-order chi connectivity index (χ0) is 14.2. The fourth-order valence-electron chi connectivity index (χ4n) is 2.43. The molecule has 1 fully saturated rings. The summed E-state index contributed by atoms with van der Waals surface area (Å²) in [5, 5.41) is 3.29. The smallest absolute Gasteiger partial charge is 0.224 e. The Bertz CT molecular complexity index is 413. The molecule has 1 amide bonds. The summed E-state index contributed by atoms with van der Waals surface area (Å²) in [5.41, 5.74) is 1.11. The summed E-state index contributed by atoms with van der Waals surface area (Å²) in [6, 6.07) is 0. The van der Waals surface area contributed by atoms with Crippen LogP contribution in [0.3, 0.4) is 0 Å². The maximum atomic E-state index is 12.0. The van der Waals surface area contributed by atoms with Crippen LogP contribution in [0, 0.1) is 0 Å². The highest BCUT2D eigenvalue weighted by Crippen LogP contribution is 2.10. The minimum absolute atomic E-state index is 0.259. The van der Waals surface area contributed by atoms with Gasteiger partial charge in [-0.05, 0) is 12.8 Å². The van der Waals surface area contributed by atoms with Crippen LogP contribution in [-0.4, -0.2) is 53.7 Å². The molecular weight excluding hydrogens is 256 g/mol. The number of aromatic nitrogens is 2. The van der Waals surface area contributed by atoms with Crippen molar-refractivity contribution in [3.63, 3.8) is 0 Å². The summed E-state index contributed by atoms with van der Waals surface area (Å²) >= 11 is 0. The van der Waals surface area contributed by atoms with Gasteiger partial charge in [-0.25, -0.2) is 4.98 Å². The number of carbonyl (C=O) groups excluding carboxylic acids is 1. The van der Waals surface area contributed by atoms with Crippen LogP contribution >= 0.6 is 0 Å². The number of ether oxygens (including phenoxy) is 1. The zero-order valence-corrected chi connectivity index (χ0v) is 12.2. The van der Waals surface area contributed by atoms with E-state index in [0.29, 0.717) is 19.6 Å². The Hall–Kier alpha value is -1.40. The SMILES string of the molecule is COCCNCc1cncn1CCC(=O)N1CCCC1. The van der Waals surface area contributed by atoms with Crippen molar-refractivity contribution in [2.75, 3.05) is 33.4 Å². The predicted molar refractivity (Wildman–Crippen MR) is 76.2 cm³/mol. The Kier molecular flexibility index (Phi) is 6.01. The Morgan fingerprint density at radius 3 is 3.00 bits per heavy atom. The summed E-state index contributed by atoms with van der Waals surface area (Å²) in [5.74, 6) is 0.259. The largest absolute Gasteiger partial charge is 0.383 e. The van der Waals surface area contributed by atoms with E-state index in [2.05, 4.69) is 10.3 Å². The van der Waals surface area contributed by atoms with Gasteiger partial charge in [0.1, 0.15) is 0 Å². The molecule has 0 bridgehead atoms. The average Bonchev–Trinajstić information content (AvgIpc) is 3.12. The lowest BCUT2D eigenvalue weighted by Crippen LogP contribution is -2.28. The van der Waals surface area contributed by atoms with E-state index < -0.39 is 0 Å². The molecule has 0 atom stereocenters. The summed E-state index contributed by atoms with van der Waals surface area (Å²) in [4.78, 5) is 18.1. The second-order valence-corrected chi connectivity index (χ2v) is 5.09. The third-order valence-corrected chi connectivity index (χ3v) is 3.61. The lowest BCUT2D eigenvalue weighted by Gasteiger charge is -2.16. The van der Waals surface area contributed by atoms with Crippen molar-refractivity contribution in [1.29, 1.82) is 0 Å². The third kappa shape index (κ3) is 4.31. The zero-order valence-electron chi connectivity index (χ0n) is 12.2. The lowest BCUT2D eigenvalue weighted by molar-refractivity contribution is -0.130. The highest BCUT2D eigenvalue weighted by Gasteiger charge is 2.17. The lowest BCUT2D eigenvalue weighted by atomic mass is 10.3. The first-order valence-corrected chi connectivity index (χ1v) is 7.27. The highest BCUT2D eigenvalue weighted by atomic mass is 16.5. The molecule has 0 spiro atoms. The quantitative estimate of drug-likeness (QED) is 0.710. The van der Waals surface area contributed by atoms with E-state index in [4.69, 9.17) is 4.74 Å². The van der Waals surface area contributed by atoms with Crippen molar-refractivity contribution in [2.45, 2.75) is 32.4 Å². The van der Waals surface area contributed by atoms with Gasteiger partial charge >= 0.3 is 0 Å². The van der Waals surface area contributed by atoms with Gasteiger partial charge in [0.15, 0.2) is 0 Å². The number of imidazole rings is 1. The van der Waals surface area contributed by atoms with Crippen LogP contribution in [0.2, 0.25) is 0 Å². The molecule has 6 nitrogen and oxygen atoms in total. The van der Waals surface area contributed by atoms with E-state index in [1.165, 1.54) is 0 Å². The molecule has 0 unspecified atom stereocenters. The van der Waals surface area contributed by atoms with E-state index in [1.54, 1.807) is 13.4 Å². The topological polar surface area (TPSA) is 59.4 Å². The average molecular weight is 280 g/mol. The van der Waals surface area contributed by atoms with Crippen molar-refractivity contribution >= 4 is 5.91 Å². The fourth-order valence-corrected chi connectivity index (χ4v) is 2.43. The van der Waals surface area contributed by atoms with Gasteiger partial charge in [0.2, 0.25) is 5.91 Å². The summed E-state index contributed by atoms with van der Waals surface area (Å²) in [7, 11) is 1.69. The maximum absolute atomic E-state index is 12.0. The first kappa shape index (κ1) is 15.0. The van der Waals surface area contributed by atoms with Gasteiger partial charge in [-0.1, -0.05) is 0 Å². The van der Waals surface area contributed by atoms with E-state index >= 15 is 0 Å². The van der Waals surface area contributed by atoms with Crippen LogP contribution in [-0.2, 0) is 22.6 Å². The van der Waals surface area contributed by atoms with Gasteiger partial charge in [0.05, 0.1) is 18.6 Å². The predicted octanol–water partition coefficient (Wildman–Crippen LogP) is 0.632. The highest BCUT2D eigenvalue weighted by molar-refractivity contribution is 5.76. The Morgan fingerprint density at radius 1 is 1.45 bits per heavy atom. The molecule has 0 saturated carbocycles. The monoisotopic (exact) mass is 280 g/mol. The number of carbonyl (C=O) groups is 1. The van der Waals surface area contributed by atoms with Crippen LogP contribution in [0.1, 0.15) is 25.0 Å². The Balaban J connectivity index is 1.74. The van der Waals surface area contributed by atoms with Crippen molar-refractivity contribution in [2.24, 2.45) is 0 Å². The Morgan fingerprint density at radius 2 is 2.25 bits per heavy atom. The maximum Gasteiger partial charge on any atom is 0.224 e. The van der Waals surface area contributed by atoms with Crippen molar-refractivity contribution in [3.05, 3.63) is 18.2 Å². The van der Waals surface area contributed by atoms with Crippen LogP contribution in [0.15, 0.2) is 12.5 Å². The van der Waals surface area contributed by atoms with Crippen molar-refractivity contribution in [1.82, 2.24) is 19.8 Å². The molecule has 2 rings (SSSR count). The molecule has 1 aliphatic rings. The van der Waals surface area contributed by atoms with Crippen molar-refractivity contribution in [3.8, 4) is 0 Å². The molecule has 112 valence electrons. The normalized spacial score (nSPS) is 14.9. The summed E-state index contributed by atoms with van der Waals surface area (Å²) < 4.78 is 7.04. The van der Waals surface area contributed by atoms with Gasteiger partial charge in [0, 0.05) is 52.5 Å². The molecule has 0 aromatic carbocycles. The van der Waals surface area contributed by atoms with E-state index in [-0.39, 0.29) is 5.91 Å². The number of nitrogens with zero attached hydrogens (tertiary/aromatic N) is 3. The van der Waals surface area contributed by atoms with E-state index in [9.17, 15) is 4.79 Å². The molecule has 0 radical (unpaired) electrons. The third-order valence-electron chi connectivity index (χ3n) is 3.61.